The van der Waals surface area contributed by atoms with Gasteiger partial charge in [-0.3, -0.25) is 0 Å². The molecule has 0 heterocycles. The van der Waals surface area contributed by atoms with Crippen molar-refractivity contribution in [3.05, 3.63) is 28.8 Å². The first-order chi connectivity index (χ1) is 8.20. The normalized spacial score (nSPS) is 17.6. The van der Waals surface area contributed by atoms with Crippen LogP contribution in [0.25, 0.3) is 0 Å². The standard InChI is InChI=1S/C14H20ClNO/c1-10(16-2)13-8-12(15)6-7-14(13)17-9-11-4-3-5-11/h6-8,10-11,16H,3-5,9H2,1-2H3. The molecular weight excluding hydrogens is 234 g/mol. The maximum absolute atomic E-state index is 6.04. The van der Waals surface area contributed by atoms with Crippen molar-refractivity contribution in [2.24, 2.45) is 5.92 Å². The molecule has 2 nitrogen and oxygen atoms in total. The molecule has 0 amide bonds. The first-order valence-electron chi connectivity index (χ1n) is 6.30. The highest BCUT2D eigenvalue weighted by Crippen LogP contribution is 2.31. The third-order valence-electron chi connectivity index (χ3n) is 3.57. The highest BCUT2D eigenvalue weighted by molar-refractivity contribution is 6.30. The van der Waals surface area contributed by atoms with Crippen LogP contribution in [0.4, 0.5) is 0 Å². The van der Waals surface area contributed by atoms with E-state index >= 15 is 0 Å². The largest absolute Gasteiger partial charge is 0.493 e. The van der Waals surface area contributed by atoms with E-state index in [1.807, 2.05) is 25.2 Å². The van der Waals surface area contributed by atoms with Gasteiger partial charge < -0.3 is 10.1 Å². The topological polar surface area (TPSA) is 21.3 Å². The fourth-order valence-corrected chi connectivity index (χ4v) is 2.19. The summed E-state index contributed by atoms with van der Waals surface area (Å²) in [4.78, 5) is 0. The van der Waals surface area contributed by atoms with E-state index in [1.54, 1.807) is 0 Å². The molecule has 17 heavy (non-hydrogen) atoms. The lowest BCUT2D eigenvalue weighted by molar-refractivity contribution is 0.179. The Labute approximate surface area is 108 Å². The number of benzene rings is 1. The van der Waals surface area contributed by atoms with Gasteiger partial charge in [-0.1, -0.05) is 18.0 Å². The third kappa shape index (κ3) is 3.14. The molecule has 1 unspecified atom stereocenters. The minimum atomic E-state index is 0.255. The van der Waals surface area contributed by atoms with E-state index in [0.29, 0.717) is 0 Å². The Morgan fingerprint density at radius 2 is 2.24 bits per heavy atom. The summed E-state index contributed by atoms with van der Waals surface area (Å²) in [5.41, 5.74) is 1.14. The zero-order chi connectivity index (χ0) is 12.3. The predicted molar refractivity (Wildman–Crippen MR) is 71.8 cm³/mol. The van der Waals surface area contributed by atoms with Crippen LogP contribution in [0.3, 0.4) is 0 Å². The first-order valence-corrected chi connectivity index (χ1v) is 6.68. The van der Waals surface area contributed by atoms with E-state index in [2.05, 4.69) is 12.2 Å². The molecule has 1 saturated carbocycles. The molecule has 1 aromatic carbocycles. The minimum Gasteiger partial charge on any atom is -0.493 e. The molecule has 0 aromatic heterocycles. The predicted octanol–water partition coefficient (Wildman–Crippen LogP) is 3.80. The van der Waals surface area contributed by atoms with E-state index in [1.165, 1.54) is 19.3 Å². The van der Waals surface area contributed by atoms with Crippen LogP contribution in [0.1, 0.15) is 37.8 Å². The van der Waals surface area contributed by atoms with Gasteiger partial charge in [-0.25, -0.2) is 0 Å². The maximum Gasteiger partial charge on any atom is 0.124 e. The second-order valence-electron chi connectivity index (χ2n) is 4.80. The van der Waals surface area contributed by atoms with E-state index in [0.717, 1.165) is 28.9 Å². The van der Waals surface area contributed by atoms with Crippen molar-refractivity contribution in [3.63, 3.8) is 0 Å². The van der Waals surface area contributed by atoms with Crippen molar-refractivity contribution in [2.45, 2.75) is 32.2 Å². The molecule has 0 spiro atoms. The monoisotopic (exact) mass is 253 g/mol. The van der Waals surface area contributed by atoms with Gasteiger partial charge in [0.1, 0.15) is 5.75 Å². The Kier molecular flexibility index (Phi) is 4.30. The molecule has 0 bridgehead atoms. The van der Waals surface area contributed by atoms with Crippen LogP contribution < -0.4 is 10.1 Å². The molecule has 1 fully saturated rings. The summed E-state index contributed by atoms with van der Waals surface area (Å²) in [5.74, 6) is 1.71. The molecule has 0 saturated heterocycles. The summed E-state index contributed by atoms with van der Waals surface area (Å²) in [5, 5.41) is 3.99. The van der Waals surface area contributed by atoms with Crippen LogP contribution in [0, 0.1) is 5.92 Å². The lowest BCUT2D eigenvalue weighted by atomic mass is 9.86. The van der Waals surface area contributed by atoms with Gasteiger partial charge in [-0.2, -0.15) is 0 Å². The summed E-state index contributed by atoms with van der Waals surface area (Å²) in [6.07, 6.45) is 3.98. The Morgan fingerprint density at radius 3 is 2.82 bits per heavy atom. The van der Waals surface area contributed by atoms with Gasteiger partial charge in [0.05, 0.1) is 6.61 Å². The Bertz CT molecular complexity index is 376. The highest BCUT2D eigenvalue weighted by Gasteiger charge is 2.19. The number of rotatable bonds is 5. The van der Waals surface area contributed by atoms with Crippen LogP contribution >= 0.6 is 11.6 Å². The summed E-state index contributed by atoms with van der Waals surface area (Å²) in [7, 11) is 1.95. The van der Waals surface area contributed by atoms with E-state index in [4.69, 9.17) is 16.3 Å². The smallest absolute Gasteiger partial charge is 0.124 e. The van der Waals surface area contributed by atoms with Crippen LogP contribution in [-0.4, -0.2) is 13.7 Å². The van der Waals surface area contributed by atoms with Crippen molar-refractivity contribution < 1.29 is 4.74 Å². The summed E-state index contributed by atoms with van der Waals surface area (Å²) < 4.78 is 5.92. The zero-order valence-corrected chi connectivity index (χ0v) is 11.3. The highest BCUT2D eigenvalue weighted by atomic mass is 35.5. The Morgan fingerprint density at radius 1 is 1.47 bits per heavy atom. The van der Waals surface area contributed by atoms with Gasteiger partial charge in [0.2, 0.25) is 0 Å². The Balaban J connectivity index is 2.07. The molecule has 1 aliphatic rings. The summed E-state index contributed by atoms with van der Waals surface area (Å²) in [6, 6.07) is 6.11. The van der Waals surface area contributed by atoms with Crippen LogP contribution in [0.5, 0.6) is 5.75 Å². The van der Waals surface area contributed by atoms with Crippen molar-refractivity contribution >= 4 is 11.6 Å². The Hall–Kier alpha value is -0.730. The van der Waals surface area contributed by atoms with Crippen molar-refractivity contribution in [3.8, 4) is 5.75 Å². The molecule has 1 aliphatic carbocycles. The fourth-order valence-electron chi connectivity index (χ4n) is 2.01. The molecule has 1 aromatic rings. The van der Waals surface area contributed by atoms with Gasteiger partial charge >= 0.3 is 0 Å². The average molecular weight is 254 g/mol. The summed E-state index contributed by atoms with van der Waals surface area (Å²) >= 11 is 6.04. The van der Waals surface area contributed by atoms with Gasteiger partial charge in [0, 0.05) is 16.6 Å². The number of nitrogens with one attached hydrogen (secondary N) is 1. The zero-order valence-electron chi connectivity index (χ0n) is 10.5. The van der Waals surface area contributed by atoms with Crippen molar-refractivity contribution in [1.82, 2.24) is 5.32 Å². The van der Waals surface area contributed by atoms with E-state index < -0.39 is 0 Å². The molecular formula is C14H20ClNO. The lowest BCUT2D eigenvalue weighted by Gasteiger charge is -2.26. The van der Waals surface area contributed by atoms with Crippen LogP contribution in [-0.2, 0) is 0 Å². The number of hydrogen-bond acceptors (Lipinski definition) is 2. The molecule has 94 valence electrons. The van der Waals surface area contributed by atoms with Gasteiger partial charge in [0.25, 0.3) is 0 Å². The number of hydrogen-bond donors (Lipinski definition) is 1. The number of ether oxygens (including phenoxy) is 1. The van der Waals surface area contributed by atoms with Crippen LogP contribution in [0.2, 0.25) is 5.02 Å². The third-order valence-corrected chi connectivity index (χ3v) is 3.81. The van der Waals surface area contributed by atoms with Crippen LogP contribution in [0.15, 0.2) is 18.2 Å². The molecule has 2 rings (SSSR count). The molecule has 3 heteroatoms. The molecule has 0 radical (unpaired) electrons. The van der Waals surface area contributed by atoms with Gasteiger partial charge in [-0.15, -0.1) is 0 Å². The van der Waals surface area contributed by atoms with Crippen molar-refractivity contribution in [1.29, 1.82) is 0 Å². The number of halogens is 1. The molecule has 1 N–H and O–H groups in total. The molecule has 0 aliphatic heterocycles. The minimum absolute atomic E-state index is 0.255. The fraction of sp³-hybridized carbons (Fsp3) is 0.571. The first kappa shape index (κ1) is 12.7. The molecule has 1 atom stereocenters. The van der Waals surface area contributed by atoms with Crippen molar-refractivity contribution in [2.75, 3.05) is 13.7 Å². The SMILES string of the molecule is CNC(C)c1cc(Cl)ccc1OCC1CCC1. The van der Waals surface area contributed by atoms with Gasteiger partial charge in [0.15, 0.2) is 0 Å². The summed E-state index contributed by atoms with van der Waals surface area (Å²) in [6.45, 7) is 2.95. The lowest BCUT2D eigenvalue weighted by Crippen LogP contribution is -2.20. The second-order valence-corrected chi connectivity index (χ2v) is 5.24. The van der Waals surface area contributed by atoms with Gasteiger partial charge in [-0.05, 0) is 50.9 Å². The maximum atomic E-state index is 6.04. The second kappa shape index (κ2) is 5.74. The van der Waals surface area contributed by atoms with E-state index in [9.17, 15) is 0 Å². The quantitative estimate of drug-likeness (QED) is 0.862. The average Bonchev–Trinajstić information content (AvgIpc) is 2.27. The van der Waals surface area contributed by atoms with E-state index in [-0.39, 0.29) is 6.04 Å².